The lowest BCUT2D eigenvalue weighted by Crippen LogP contribution is -2.34. The van der Waals surface area contributed by atoms with Crippen LogP contribution in [-0.2, 0) is 24.0 Å². The van der Waals surface area contributed by atoms with E-state index in [0.29, 0.717) is 10.1 Å². The number of hydroxylamine groups is 2. The first-order valence-corrected chi connectivity index (χ1v) is 7.98. The molecule has 0 atom stereocenters. The van der Waals surface area contributed by atoms with Gasteiger partial charge in [-0.15, -0.1) is 5.06 Å². The van der Waals surface area contributed by atoms with Crippen LogP contribution in [-0.4, -0.2) is 47.3 Å². The minimum atomic E-state index is -0.769. The molecule has 3 N–H and O–H groups in total. The summed E-state index contributed by atoms with van der Waals surface area (Å²) in [6.07, 6.45) is 4.20. The zero-order chi connectivity index (χ0) is 17.9. The molecule has 0 saturated carbocycles. The third kappa shape index (κ3) is 7.09. The Morgan fingerprint density at radius 3 is 2.67 bits per heavy atom. The first-order chi connectivity index (χ1) is 11.4. The van der Waals surface area contributed by atoms with Crippen molar-refractivity contribution in [2.45, 2.75) is 19.3 Å². The van der Waals surface area contributed by atoms with Gasteiger partial charge in [0.2, 0.25) is 5.91 Å². The highest BCUT2D eigenvalue weighted by Gasteiger charge is 2.32. The van der Waals surface area contributed by atoms with Crippen LogP contribution in [0.5, 0.6) is 0 Å². The summed E-state index contributed by atoms with van der Waals surface area (Å²) in [4.78, 5) is 54.2. The van der Waals surface area contributed by atoms with E-state index in [4.69, 9.17) is 5.73 Å². The fourth-order valence-corrected chi connectivity index (χ4v) is 2.06. The molecule has 0 aromatic rings. The van der Waals surface area contributed by atoms with Crippen LogP contribution in [0.15, 0.2) is 28.9 Å². The van der Waals surface area contributed by atoms with Gasteiger partial charge in [-0.2, -0.15) is 0 Å². The predicted octanol–water partition coefficient (Wildman–Crippen LogP) is -0.153. The van der Waals surface area contributed by atoms with E-state index in [1.165, 1.54) is 18.5 Å². The molecule has 0 aliphatic carbocycles. The average molecular weight is 354 g/mol. The zero-order valence-corrected chi connectivity index (χ0v) is 13.7. The molecule has 1 fully saturated rings. The SMILES string of the molecule is C=C(N=C/C=C\N)SCC(=O)NCCC(=O)ON1C(=O)CCC1=O. The van der Waals surface area contributed by atoms with Gasteiger partial charge < -0.3 is 15.9 Å². The molecule has 0 unspecified atom stereocenters. The number of hydrogen-bond donors (Lipinski definition) is 2. The van der Waals surface area contributed by atoms with Crippen molar-refractivity contribution in [1.29, 1.82) is 0 Å². The Morgan fingerprint density at radius 2 is 2.04 bits per heavy atom. The number of aliphatic imine (C=N–C) groups is 1. The van der Waals surface area contributed by atoms with Gasteiger partial charge in [0.25, 0.3) is 11.8 Å². The van der Waals surface area contributed by atoms with Crippen LogP contribution in [0.1, 0.15) is 19.3 Å². The van der Waals surface area contributed by atoms with Crippen molar-refractivity contribution in [3.8, 4) is 0 Å². The lowest BCUT2D eigenvalue weighted by Gasteiger charge is -2.12. The minimum Gasteiger partial charge on any atom is -0.405 e. The molecule has 1 rings (SSSR count). The van der Waals surface area contributed by atoms with Crippen LogP contribution in [0.4, 0.5) is 0 Å². The quantitative estimate of drug-likeness (QED) is 0.435. The number of carbonyl (C=O) groups is 4. The molecule has 24 heavy (non-hydrogen) atoms. The third-order valence-electron chi connectivity index (χ3n) is 2.64. The number of carbonyl (C=O) groups excluding carboxylic acids is 4. The maximum absolute atomic E-state index is 11.6. The first-order valence-electron chi connectivity index (χ1n) is 7.00. The molecule has 10 heteroatoms. The van der Waals surface area contributed by atoms with E-state index in [0.717, 1.165) is 11.8 Å². The Bertz CT molecular complexity index is 572. The van der Waals surface area contributed by atoms with Gasteiger partial charge in [-0.05, 0) is 12.3 Å². The van der Waals surface area contributed by atoms with E-state index in [-0.39, 0.29) is 37.5 Å². The monoisotopic (exact) mass is 354 g/mol. The molecular formula is C14H18N4O5S. The Morgan fingerprint density at radius 1 is 1.38 bits per heavy atom. The maximum atomic E-state index is 11.6. The topological polar surface area (TPSA) is 131 Å². The summed E-state index contributed by atoms with van der Waals surface area (Å²) in [6, 6.07) is 0. The summed E-state index contributed by atoms with van der Waals surface area (Å²) < 4.78 is 0. The zero-order valence-electron chi connectivity index (χ0n) is 12.9. The van der Waals surface area contributed by atoms with Gasteiger partial charge >= 0.3 is 5.97 Å². The van der Waals surface area contributed by atoms with Crippen molar-refractivity contribution in [3.63, 3.8) is 0 Å². The highest BCUT2D eigenvalue weighted by molar-refractivity contribution is 8.03. The number of nitrogens with two attached hydrogens (primary N) is 1. The van der Waals surface area contributed by atoms with Gasteiger partial charge in [-0.3, -0.25) is 19.4 Å². The van der Waals surface area contributed by atoms with Crippen LogP contribution >= 0.6 is 11.8 Å². The fraction of sp³-hybridized carbons (Fsp3) is 0.357. The number of hydrogen-bond acceptors (Lipinski definition) is 8. The summed E-state index contributed by atoms with van der Waals surface area (Å²) in [5.74, 6) is -2.09. The van der Waals surface area contributed by atoms with E-state index in [1.54, 1.807) is 0 Å². The van der Waals surface area contributed by atoms with Gasteiger partial charge in [0.05, 0.1) is 17.2 Å². The van der Waals surface area contributed by atoms with Crippen LogP contribution in [0.25, 0.3) is 0 Å². The van der Waals surface area contributed by atoms with Crippen molar-refractivity contribution in [2.75, 3.05) is 12.3 Å². The van der Waals surface area contributed by atoms with E-state index >= 15 is 0 Å². The normalized spacial score (nSPS) is 14.6. The van der Waals surface area contributed by atoms with Gasteiger partial charge in [-0.25, -0.2) is 4.79 Å². The van der Waals surface area contributed by atoms with Gasteiger partial charge in [0.1, 0.15) is 0 Å². The summed E-state index contributed by atoms with van der Waals surface area (Å²) in [5.41, 5.74) is 5.13. The molecule has 0 aromatic carbocycles. The van der Waals surface area contributed by atoms with Crippen LogP contribution in [0.2, 0.25) is 0 Å². The van der Waals surface area contributed by atoms with Crippen molar-refractivity contribution in [1.82, 2.24) is 10.4 Å². The molecule has 0 radical (unpaired) electrons. The van der Waals surface area contributed by atoms with Crippen LogP contribution in [0, 0.1) is 0 Å². The van der Waals surface area contributed by atoms with Crippen molar-refractivity contribution >= 4 is 41.7 Å². The second kappa shape index (κ2) is 10.2. The standard InChI is InChI=1S/C14H18N4O5S/c1-10(16-7-2-6-15)24-9-11(19)17-8-5-14(22)23-18-12(20)3-4-13(18)21/h2,6-7H,1,3-5,8-9,15H2,(H,17,19)/b6-2-,16-7?. The largest absolute Gasteiger partial charge is 0.405 e. The minimum absolute atomic E-state index is 0.0279. The molecule has 1 saturated heterocycles. The third-order valence-corrected chi connectivity index (χ3v) is 3.48. The molecule has 0 bridgehead atoms. The average Bonchev–Trinajstić information content (AvgIpc) is 2.85. The number of rotatable bonds is 9. The summed E-state index contributed by atoms with van der Waals surface area (Å²) in [5, 5.41) is 3.42. The molecule has 0 aromatic heterocycles. The first kappa shape index (κ1) is 19.4. The summed E-state index contributed by atoms with van der Waals surface area (Å²) >= 11 is 1.13. The fourth-order valence-electron chi connectivity index (χ4n) is 1.52. The molecule has 1 aliphatic heterocycles. The van der Waals surface area contributed by atoms with E-state index in [9.17, 15) is 19.2 Å². The summed E-state index contributed by atoms with van der Waals surface area (Å²) in [6.45, 7) is 3.67. The van der Waals surface area contributed by atoms with Gasteiger partial charge in [-0.1, -0.05) is 18.3 Å². The molecule has 1 heterocycles. The molecule has 0 spiro atoms. The van der Waals surface area contributed by atoms with Crippen molar-refractivity contribution < 1.29 is 24.0 Å². The highest BCUT2D eigenvalue weighted by atomic mass is 32.2. The Labute approximate surface area is 142 Å². The number of thioether (sulfide) groups is 1. The molecular weight excluding hydrogens is 336 g/mol. The Hall–Kier alpha value is -2.62. The Balaban J connectivity index is 2.18. The summed E-state index contributed by atoms with van der Waals surface area (Å²) in [7, 11) is 0. The molecule has 1 aliphatic rings. The Kier molecular flexibility index (Phi) is 8.26. The molecule has 3 amide bonds. The second-order valence-corrected chi connectivity index (χ2v) is 5.54. The van der Waals surface area contributed by atoms with E-state index in [1.807, 2.05) is 0 Å². The smallest absolute Gasteiger partial charge is 0.334 e. The molecule has 130 valence electrons. The second-order valence-electron chi connectivity index (χ2n) is 4.49. The van der Waals surface area contributed by atoms with Crippen molar-refractivity contribution in [2.24, 2.45) is 10.7 Å². The van der Waals surface area contributed by atoms with Crippen molar-refractivity contribution in [3.05, 3.63) is 23.9 Å². The number of nitrogens with zero attached hydrogens (tertiary/aromatic N) is 2. The van der Waals surface area contributed by atoms with Gasteiger partial charge in [0, 0.05) is 25.6 Å². The lowest BCUT2D eigenvalue weighted by atomic mass is 10.4. The number of nitrogens with one attached hydrogen (secondary N) is 1. The lowest BCUT2D eigenvalue weighted by molar-refractivity contribution is -0.197. The van der Waals surface area contributed by atoms with Gasteiger partial charge in [0.15, 0.2) is 0 Å². The highest BCUT2D eigenvalue weighted by Crippen LogP contribution is 2.14. The number of allylic oxidation sites excluding steroid dienone is 1. The van der Waals surface area contributed by atoms with Crippen LogP contribution < -0.4 is 11.1 Å². The number of amides is 3. The van der Waals surface area contributed by atoms with E-state index in [2.05, 4.69) is 21.7 Å². The molecule has 9 nitrogen and oxygen atoms in total. The predicted molar refractivity (Wildman–Crippen MR) is 88.2 cm³/mol. The van der Waals surface area contributed by atoms with Crippen LogP contribution in [0.3, 0.4) is 0 Å². The van der Waals surface area contributed by atoms with E-state index < -0.39 is 17.8 Å². The maximum Gasteiger partial charge on any atom is 0.334 e. The number of imide groups is 1.